The van der Waals surface area contributed by atoms with E-state index >= 15 is 0 Å². The number of carbonyl (C=O) groups is 2. The normalized spacial score (nSPS) is 26.8. The van der Waals surface area contributed by atoms with Crippen LogP contribution in [0.3, 0.4) is 0 Å². The van der Waals surface area contributed by atoms with Gasteiger partial charge in [0.1, 0.15) is 16.6 Å². The first kappa shape index (κ1) is 15.0. The van der Waals surface area contributed by atoms with Crippen LogP contribution in [0.2, 0.25) is 0 Å². The fourth-order valence-corrected chi connectivity index (χ4v) is 3.24. The summed E-state index contributed by atoms with van der Waals surface area (Å²) in [5.41, 5.74) is -0.797. The van der Waals surface area contributed by atoms with Crippen molar-refractivity contribution in [2.45, 2.75) is 58.7 Å². The highest BCUT2D eigenvalue weighted by atomic mass is 32.1. The summed E-state index contributed by atoms with van der Waals surface area (Å²) in [5, 5.41) is 3.74. The molecule has 1 aromatic rings. The average molecular weight is 295 g/mol. The van der Waals surface area contributed by atoms with Crippen LogP contribution in [0.1, 0.15) is 43.5 Å². The molecule has 6 heteroatoms. The molecule has 110 valence electrons. The van der Waals surface area contributed by atoms with Crippen LogP contribution in [0.15, 0.2) is 6.20 Å². The number of piperazine rings is 1. The Hall–Kier alpha value is -1.43. The molecule has 1 saturated heterocycles. The second-order valence-corrected chi connectivity index (χ2v) is 6.72. The van der Waals surface area contributed by atoms with Crippen LogP contribution in [0.4, 0.5) is 0 Å². The third-order valence-electron chi connectivity index (χ3n) is 3.88. The SMILES string of the molecule is CCC1C(=O)NC(C)(CC)C(=O)N1Cc1ncc(C)s1. The molecular weight excluding hydrogens is 274 g/mol. The Morgan fingerprint density at radius 3 is 2.65 bits per heavy atom. The van der Waals surface area contributed by atoms with Crippen LogP contribution < -0.4 is 5.32 Å². The maximum absolute atomic E-state index is 12.7. The highest BCUT2D eigenvalue weighted by Gasteiger charge is 2.46. The van der Waals surface area contributed by atoms with Crippen LogP contribution in [0.5, 0.6) is 0 Å². The summed E-state index contributed by atoms with van der Waals surface area (Å²) in [6, 6.07) is -0.397. The van der Waals surface area contributed by atoms with E-state index in [0.717, 1.165) is 9.88 Å². The van der Waals surface area contributed by atoms with Gasteiger partial charge in [0.25, 0.3) is 0 Å². The fraction of sp³-hybridized carbons (Fsp3) is 0.643. The van der Waals surface area contributed by atoms with Crippen molar-refractivity contribution in [1.82, 2.24) is 15.2 Å². The summed E-state index contributed by atoms with van der Waals surface area (Å²) in [5.74, 6) is -0.0796. The molecule has 0 saturated carbocycles. The molecule has 1 N–H and O–H groups in total. The summed E-state index contributed by atoms with van der Waals surface area (Å²) in [4.78, 5) is 32.0. The van der Waals surface area contributed by atoms with Crippen molar-refractivity contribution < 1.29 is 9.59 Å². The van der Waals surface area contributed by atoms with Crippen LogP contribution in [-0.2, 0) is 16.1 Å². The molecule has 1 aliphatic heterocycles. The maximum atomic E-state index is 12.7. The minimum absolute atomic E-state index is 0.0145. The number of aromatic nitrogens is 1. The molecule has 1 aromatic heterocycles. The highest BCUT2D eigenvalue weighted by molar-refractivity contribution is 7.11. The third-order valence-corrected chi connectivity index (χ3v) is 4.78. The second-order valence-electron chi connectivity index (χ2n) is 5.40. The predicted octanol–water partition coefficient (Wildman–Crippen LogP) is 1.86. The Kier molecular flexibility index (Phi) is 4.13. The van der Waals surface area contributed by atoms with Crippen LogP contribution in [-0.4, -0.2) is 33.3 Å². The third kappa shape index (κ3) is 2.57. The molecule has 1 fully saturated rings. The van der Waals surface area contributed by atoms with E-state index in [4.69, 9.17) is 0 Å². The topological polar surface area (TPSA) is 62.3 Å². The van der Waals surface area contributed by atoms with Gasteiger partial charge in [0.2, 0.25) is 11.8 Å². The smallest absolute Gasteiger partial charge is 0.249 e. The molecule has 1 aliphatic rings. The van der Waals surface area contributed by atoms with Crippen LogP contribution in [0, 0.1) is 6.92 Å². The zero-order valence-corrected chi connectivity index (χ0v) is 13.2. The summed E-state index contributed by atoms with van der Waals surface area (Å²) in [7, 11) is 0. The Labute approximate surface area is 123 Å². The van der Waals surface area contributed by atoms with E-state index in [1.165, 1.54) is 0 Å². The summed E-state index contributed by atoms with van der Waals surface area (Å²) < 4.78 is 0. The minimum atomic E-state index is -0.797. The zero-order valence-electron chi connectivity index (χ0n) is 12.4. The lowest BCUT2D eigenvalue weighted by Gasteiger charge is -2.43. The van der Waals surface area contributed by atoms with Crippen molar-refractivity contribution in [3.05, 3.63) is 16.1 Å². The maximum Gasteiger partial charge on any atom is 0.249 e. The lowest BCUT2D eigenvalue weighted by molar-refractivity contribution is -0.155. The number of thiazole rings is 1. The molecule has 0 bridgehead atoms. The number of rotatable bonds is 4. The molecule has 0 aromatic carbocycles. The largest absolute Gasteiger partial charge is 0.340 e. The molecule has 2 unspecified atom stereocenters. The van der Waals surface area contributed by atoms with Gasteiger partial charge in [-0.2, -0.15) is 0 Å². The van der Waals surface area contributed by atoms with Gasteiger partial charge in [0.05, 0.1) is 6.54 Å². The number of aryl methyl sites for hydroxylation is 1. The van der Waals surface area contributed by atoms with Gasteiger partial charge in [-0.3, -0.25) is 9.59 Å². The van der Waals surface area contributed by atoms with Gasteiger partial charge in [-0.25, -0.2) is 4.98 Å². The summed E-state index contributed by atoms with van der Waals surface area (Å²) >= 11 is 1.57. The molecular formula is C14H21N3O2S. The first-order valence-corrected chi connectivity index (χ1v) is 7.77. The lowest BCUT2D eigenvalue weighted by Crippen LogP contribution is -2.68. The lowest BCUT2D eigenvalue weighted by atomic mass is 9.91. The first-order valence-electron chi connectivity index (χ1n) is 6.95. The molecule has 0 radical (unpaired) electrons. The Bertz CT molecular complexity index is 528. The Balaban J connectivity index is 2.29. The van der Waals surface area contributed by atoms with E-state index < -0.39 is 11.6 Å². The van der Waals surface area contributed by atoms with E-state index in [9.17, 15) is 9.59 Å². The standard InChI is InChI=1S/C14H21N3O2S/c1-5-10-12(18)16-14(4,6-2)13(19)17(10)8-11-15-7-9(3)20-11/h7,10H,5-6,8H2,1-4H3,(H,16,18). The zero-order chi connectivity index (χ0) is 14.9. The minimum Gasteiger partial charge on any atom is -0.340 e. The number of carbonyl (C=O) groups excluding carboxylic acids is 2. The molecule has 2 atom stereocenters. The molecule has 2 heterocycles. The Morgan fingerprint density at radius 2 is 2.15 bits per heavy atom. The van der Waals surface area contributed by atoms with Crippen molar-refractivity contribution in [1.29, 1.82) is 0 Å². The molecule has 2 rings (SSSR count). The number of hydrogen-bond donors (Lipinski definition) is 1. The highest BCUT2D eigenvalue weighted by Crippen LogP contribution is 2.25. The van der Waals surface area contributed by atoms with Gasteiger partial charge in [-0.15, -0.1) is 11.3 Å². The monoisotopic (exact) mass is 295 g/mol. The molecule has 20 heavy (non-hydrogen) atoms. The fourth-order valence-electron chi connectivity index (χ4n) is 2.46. The van der Waals surface area contributed by atoms with E-state index in [0.29, 0.717) is 19.4 Å². The van der Waals surface area contributed by atoms with Crippen molar-refractivity contribution in [3.63, 3.8) is 0 Å². The molecule has 0 aliphatic carbocycles. The molecule has 5 nitrogen and oxygen atoms in total. The van der Waals surface area contributed by atoms with E-state index in [1.807, 2.05) is 20.8 Å². The predicted molar refractivity (Wildman–Crippen MR) is 78.3 cm³/mol. The van der Waals surface area contributed by atoms with E-state index in [1.54, 1.807) is 29.4 Å². The van der Waals surface area contributed by atoms with Gasteiger partial charge in [-0.1, -0.05) is 13.8 Å². The van der Waals surface area contributed by atoms with E-state index in [-0.39, 0.29) is 11.8 Å². The van der Waals surface area contributed by atoms with Crippen LogP contribution >= 0.6 is 11.3 Å². The first-order chi connectivity index (χ1) is 9.41. The molecule has 0 spiro atoms. The van der Waals surface area contributed by atoms with Gasteiger partial charge in [-0.05, 0) is 26.7 Å². The summed E-state index contributed by atoms with van der Waals surface area (Å²) in [6.45, 7) is 8.03. The Morgan fingerprint density at radius 1 is 1.45 bits per heavy atom. The van der Waals surface area contributed by atoms with Gasteiger partial charge < -0.3 is 10.2 Å². The number of nitrogens with one attached hydrogen (secondary N) is 1. The quantitative estimate of drug-likeness (QED) is 0.922. The van der Waals surface area contributed by atoms with Gasteiger partial charge >= 0.3 is 0 Å². The van der Waals surface area contributed by atoms with Crippen molar-refractivity contribution in [2.24, 2.45) is 0 Å². The molecule has 2 amide bonds. The number of hydrogen-bond acceptors (Lipinski definition) is 4. The summed E-state index contributed by atoms with van der Waals surface area (Å²) in [6.07, 6.45) is 3.00. The van der Waals surface area contributed by atoms with Gasteiger partial charge in [0.15, 0.2) is 0 Å². The van der Waals surface area contributed by atoms with E-state index in [2.05, 4.69) is 10.3 Å². The number of amides is 2. The van der Waals surface area contributed by atoms with Crippen molar-refractivity contribution >= 4 is 23.2 Å². The van der Waals surface area contributed by atoms with Crippen molar-refractivity contribution in [2.75, 3.05) is 0 Å². The van der Waals surface area contributed by atoms with Crippen molar-refractivity contribution in [3.8, 4) is 0 Å². The van der Waals surface area contributed by atoms with Gasteiger partial charge in [0, 0.05) is 11.1 Å². The second kappa shape index (κ2) is 5.52. The average Bonchev–Trinajstić information content (AvgIpc) is 2.81. The number of nitrogens with zero attached hydrogens (tertiary/aromatic N) is 2. The van der Waals surface area contributed by atoms with Crippen LogP contribution in [0.25, 0.3) is 0 Å².